The topological polar surface area (TPSA) is 43.1 Å². The molecule has 0 aromatic carbocycles. The van der Waals surface area contributed by atoms with Crippen LogP contribution in [-0.2, 0) is 4.79 Å². The van der Waals surface area contributed by atoms with E-state index in [1.807, 2.05) is 5.92 Å². The zero-order chi connectivity index (χ0) is 6.57. The van der Waals surface area contributed by atoms with Crippen molar-refractivity contribution >= 4 is 18.5 Å². The molecule has 3 heteroatoms. The molecule has 0 rings (SSSR count). The Morgan fingerprint density at radius 3 is 2.38 bits per heavy atom. The summed E-state index contributed by atoms with van der Waals surface area (Å²) in [7, 11) is 0. The van der Waals surface area contributed by atoms with Gasteiger partial charge in [-0.05, 0) is 0 Å². The number of terminal acetylenes is 1. The SMILES string of the molecule is C#CC(=[C-]S)C(N)=O. The number of amides is 1. The summed E-state index contributed by atoms with van der Waals surface area (Å²) in [5, 5.41) is 2.15. The molecule has 0 spiro atoms. The van der Waals surface area contributed by atoms with Crippen LogP contribution < -0.4 is 5.73 Å². The van der Waals surface area contributed by atoms with Crippen LogP contribution in [0.2, 0.25) is 0 Å². The molecule has 2 N–H and O–H groups in total. The summed E-state index contributed by atoms with van der Waals surface area (Å²) < 4.78 is 0. The van der Waals surface area contributed by atoms with E-state index in [2.05, 4.69) is 18.0 Å². The van der Waals surface area contributed by atoms with Crippen molar-refractivity contribution in [3.8, 4) is 12.3 Å². The maximum absolute atomic E-state index is 10.1. The van der Waals surface area contributed by atoms with E-state index >= 15 is 0 Å². The molecule has 8 heavy (non-hydrogen) atoms. The van der Waals surface area contributed by atoms with Crippen LogP contribution in [0, 0.1) is 17.8 Å². The fraction of sp³-hybridized carbons (Fsp3) is 0. The summed E-state index contributed by atoms with van der Waals surface area (Å²) in [5.74, 6) is 1.33. The van der Waals surface area contributed by atoms with E-state index < -0.39 is 5.91 Å². The van der Waals surface area contributed by atoms with E-state index in [1.165, 1.54) is 0 Å². The number of hydrogen-bond acceptors (Lipinski definition) is 2. The molecule has 0 unspecified atom stereocenters. The molecule has 0 fully saturated rings. The van der Waals surface area contributed by atoms with Gasteiger partial charge in [0, 0.05) is 0 Å². The molecule has 0 radical (unpaired) electrons. The molecule has 0 saturated heterocycles. The number of carbonyl (C=O) groups excluding carboxylic acids is 1. The predicted octanol–water partition coefficient (Wildman–Crippen LogP) is -0.278. The van der Waals surface area contributed by atoms with Crippen LogP contribution in [-0.4, -0.2) is 5.91 Å². The van der Waals surface area contributed by atoms with Crippen molar-refractivity contribution in [2.75, 3.05) is 0 Å². The molecule has 0 aliphatic rings. The molecule has 0 heterocycles. The molecule has 0 bridgehead atoms. The van der Waals surface area contributed by atoms with Gasteiger partial charge in [-0.25, -0.2) is 18.5 Å². The van der Waals surface area contributed by atoms with E-state index in [4.69, 9.17) is 12.2 Å². The molecule has 0 atom stereocenters. The lowest BCUT2D eigenvalue weighted by Crippen LogP contribution is -2.12. The first-order valence-corrected chi connectivity index (χ1v) is 2.20. The summed E-state index contributed by atoms with van der Waals surface area (Å²) in [4.78, 5) is 10.1. The molecule has 0 aromatic rings. The number of rotatable bonds is 1. The van der Waals surface area contributed by atoms with E-state index in [9.17, 15) is 4.79 Å². The minimum atomic E-state index is -0.678. The van der Waals surface area contributed by atoms with Crippen LogP contribution in [0.5, 0.6) is 0 Å². The molecule has 0 aliphatic carbocycles. The Kier molecular flexibility index (Phi) is 2.82. The quantitative estimate of drug-likeness (QED) is 0.216. The highest BCUT2D eigenvalue weighted by Gasteiger charge is 1.81. The van der Waals surface area contributed by atoms with Crippen molar-refractivity contribution in [1.82, 2.24) is 0 Å². The van der Waals surface area contributed by atoms with Gasteiger partial charge in [-0.3, -0.25) is 0 Å². The zero-order valence-corrected chi connectivity index (χ0v) is 4.90. The van der Waals surface area contributed by atoms with Gasteiger partial charge < -0.3 is 10.5 Å². The monoisotopic (exact) mass is 126 g/mol. The number of hydrogen-bond donors (Lipinski definition) is 2. The van der Waals surface area contributed by atoms with Crippen LogP contribution in [0.3, 0.4) is 0 Å². The maximum atomic E-state index is 10.1. The number of primary amides is 1. The van der Waals surface area contributed by atoms with Crippen LogP contribution in [0.4, 0.5) is 0 Å². The fourth-order valence-corrected chi connectivity index (χ4v) is 0.333. The molecular weight excluding hydrogens is 122 g/mol. The van der Waals surface area contributed by atoms with E-state index in [1.54, 1.807) is 0 Å². The van der Waals surface area contributed by atoms with Gasteiger partial charge in [0.15, 0.2) is 0 Å². The fourth-order valence-electron chi connectivity index (χ4n) is 0.159. The largest absolute Gasteiger partial charge is 0.417 e. The van der Waals surface area contributed by atoms with E-state index in [0.29, 0.717) is 0 Å². The Balaban J connectivity index is 4.20. The van der Waals surface area contributed by atoms with Crippen molar-refractivity contribution in [2.24, 2.45) is 5.73 Å². The predicted molar refractivity (Wildman–Crippen MR) is 33.8 cm³/mol. The first-order valence-electron chi connectivity index (χ1n) is 1.76. The standard InChI is InChI=1S/C5H4NOS/c1-2-4(3-8)5(6)7/h1,8H,(H2,6,7)/q-1. The van der Waals surface area contributed by atoms with Gasteiger partial charge in [-0.1, -0.05) is 5.57 Å². The van der Waals surface area contributed by atoms with Crippen molar-refractivity contribution in [3.63, 3.8) is 0 Å². The summed E-state index contributed by atoms with van der Waals surface area (Å²) in [6.07, 6.45) is 4.78. The Hall–Kier alpha value is -0.880. The van der Waals surface area contributed by atoms with Gasteiger partial charge in [0.1, 0.15) is 5.91 Å². The molecule has 0 aliphatic heterocycles. The van der Waals surface area contributed by atoms with Crippen molar-refractivity contribution in [1.29, 1.82) is 0 Å². The zero-order valence-electron chi connectivity index (χ0n) is 4.01. The second kappa shape index (κ2) is 3.16. The molecule has 0 aromatic heterocycles. The second-order valence-corrected chi connectivity index (χ2v) is 1.22. The van der Waals surface area contributed by atoms with Crippen molar-refractivity contribution in [3.05, 3.63) is 11.0 Å². The van der Waals surface area contributed by atoms with Gasteiger partial charge in [-0.15, -0.1) is 5.41 Å². The first-order chi connectivity index (χ1) is 3.72. The average molecular weight is 126 g/mol. The van der Waals surface area contributed by atoms with E-state index in [-0.39, 0.29) is 5.57 Å². The highest BCUT2D eigenvalue weighted by Crippen LogP contribution is 1.89. The lowest BCUT2D eigenvalue weighted by molar-refractivity contribution is -0.114. The third kappa shape index (κ3) is 1.71. The van der Waals surface area contributed by atoms with Gasteiger partial charge in [-0.2, -0.15) is 6.42 Å². The lowest BCUT2D eigenvalue weighted by atomic mass is 10.3. The highest BCUT2D eigenvalue weighted by molar-refractivity contribution is 7.82. The summed E-state index contributed by atoms with van der Waals surface area (Å²) in [5.41, 5.74) is 4.69. The van der Waals surface area contributed by atoms with Crippen LogP contribution >= 0.6 is 12.6 Å². The molecular formula is C5H4NOS-. The van der Waals surface area contributed by atoms with Gasteiger partial charge in [0.2, 0.25) is 0 Å². The van der Waals surface area contributed by atoms with Gasteiger partial charge >= 0.3 is 0 Å². The second-order valence-electron chi connectivity index (χ2n) is 0.995. The molecule has 0 saturated carbocycles. The molecule has 2 nitrogen and oxygen atoms in total. The van der Waals surface area contributed by atoms with Crippen LogP contribution in [0.15, 0.2) is 5.57 Å². The van der Waals surface area contributed by atoms with Crippen molar-refractivity contribution in [2.45, 2.75) is 0 Å². The Morgan fingerprint density at radius 1 is 1.88 bits per heavy atom. The smallest absolute Gasteiger partial charge is 0.140 e. The number of nitrogens with two attached hydrogens (primary N) is 1. The van der Waals surface area contributed by atoms with Crippen molar-refractivity contribution < 1.29 is 4.79 Å². The van der Waals surface area contributed by atoms with Gasteiger partial charge in [0.05, 0.1) is 0 Å². The van der Waals surface area contributed by atoms with Gasteiger partial charge in [0.25, 0.3) is 0 Å². The minimum Gasteiger partial charge on any atom is -0.417 e. The molecule has 1 amide bonds. The minimum absolute atomic E-state index is 0.0340. The Labute approximate surface area is 53.2 Å². The normalized spacial score (nSPS) is 10.2. The Morgan fingerprint density at radius 2 is 2.38 bits per heavy atom. The van der Waals surface area contributed by atoms with Crippen LogP contribution in [0.25, 0.3) is 0 Å². The third-order valence-corrected chi connectivity index (χ3v) is 0.726. The lowest BCUT2D eigenvalue weighted by Gasteiger charge is -1.97. The van der Waals surface area contributed by atoms with Crippen LogP contribution in [0.1, 0.15) is 0 Å². The summed E-state index contributed by atoms with van der Waals surface area (Å²) >= 11 is 3.50. The summed E-state index contributed by atoms with van der Waals surface area (Å²) in [6, 6.07) is 0. The first kappa shape index (κ1) is 7.12. The molecule has 42 valence electrons. The third-order valence-electron chi connectivity index (χ3n) is 0.503. The highest BCUT2D eigenvalue weighted by atomic mass is 32.1. The summed E-state index contributed by atoms with van der Waals surface area (Å²) in [6.45, 7) is 0. The van der Waals surface area contributed by atoms with E-state index in [0.717, 1.165) is 0 Å². The maximum Gasteiger partial charge on any atom is 0.140 e. The average Bonchev–Trinajstić information content (AvgIpc) is 1.69. The Bertz CT molecular complexity index is 166. The number of carbonyl (C=O) groups is 1. The number of thiol groups is 1.